The maximum absolute atomic E-state index is 4.42. The van der Waals surface area contributed by atoms with Gasteiger partial charge < -0.3 is 0 Å². The second-order valence-corrected chi connectivity index (χ2v) is 7.11. The summed E-state index contributed by atoms with van der Waals surface area (Å²) in [6.07, 6.45) is 6.19. The zero-order chi connectivity index (χ0) is 14.6. The summed E-state index contributed by atoms with van der Waals surface area (Å²) in [5, 5.41) is 4.42. The Morgan fingerprint density at radius 2 is 1.76 bits per heavy atom. The first kappa shape index (κ1) is 13.1. The van der Waals surface area contributed by atoms with Gasteiger partial charge in [-0.25, -0.2) is 0 Å². The number of hydrogen-bond acceptors (Lipinski definition) is 1. The smallest absolute Gasteiger partial charge is 0.0492 e. The van der Waals surface area contributed by atoms with Crippen molar-refractivity contribution in [3.05, 3.63) is 52.8 Å². The third-order valence-corrected chi connectivity index (χ3v) is 6.03. The van der Waals surface area contributed by atoms with Crippen LogP contribution in [0.1, 0.15) is 53.5 Å². The zero-order valence-corrected chi connectivity index (χ0v) is 13.2. The molecule has 110 valence electrons. The molecule has 2 bridgehead atoms. The summed E-state index contributed by atoms with van der Waals surface area (Å²) in [6.45, 7) is 4.45. The summed E-state index contributed by atoms with van der Waals surface area (Å²) in [7, 11) is 2.10. The van der Waals surface area contributed by atoms with Gasteiger partial charge in [-0.2, -0.15) is 5.10 Å². The number of hydrogen-bond donors (Lipinski definition) is 0. The van der Waals surface area contributed by atoms with E-state index >= 15 is 0 Å². The van der Waals surface area contributed by atoms with E-state index in [1.165, 1.54) is 36.1 Å². The summed E-state index contributed by atoms with van der Waals surface area (Å²) in [6, 6.07) is 9.34. The minimum Gasteiger partial charge on any atom is -0.272 e. The van der Waals surface area contributed by atoms with Crippen molar-refractivity contribution < 1.29 is 0 Å². The van der Waals surface area contributed by atoms with E-state index in [1.54, 1.807) is 5.56 Å². The number of fused-ring (bicyclic) bond motifs is 2. The molecule has 0 radical (unpaired) electrons. The topological polar surface area (TPSA) is 17.8 Å². The number of benzene rings is 1. The Balaban J connectivity index is 1.78. The highest BCUT2D eigenvalue weighted by Gasteiger charge is 2.49. The fourth-order valence-corrected chi connectivity index (χ4v) is 4.88. The lowest BCUT2D eigenvalue weighted by molar-refractivity contribution is 0.352. The van der Waals surface area contributed by atoms with Crippen LogP contribution >= 0.6 is 0 Å². The van der Waals surface area contributed by atoms with Crippen LogP contribution in [0.4, 0.5) is 0 Å². The molecular formula is C19H24N2. The van der Waals surface area contributed by atoms with Gasteiger partial charge in [0.1, 0.15) is 0 Å². The Morgan fingerprint density at radius 1 is 1.00 bits per heavy atom. The van der Waals surface area contributed by atoms with Gasteiger partial charge in [0.15, 0.2) is 0 Å². The fraction of sp³-hybridized carbons (Fsp3) is 0.526. The molecule has 4 rings (SSSR count). The molecule has 4 unspecified atom stereocenters. The van der Waals surface area contributed by atoms with E-state index in [0.717, 1.165) is 11.8 Å². The molecule has 0 saturated heterocycles. The largest absolute Gasteiger partial charge is 0.272 e. The average molecular weight is 280 g/mol. The predicted molar refractivity (Wildman–Crippen MR) is 85.4 cm³/mol. The van der Waals surface area contributed by atoms with Gasteiger partial charge in [0.05, 0.1) is 0 Å². The van der Waals surface area contributed by atoms with Gasteiger partial charge in [-0.3, -0.25) is 4.68 Å². The summed E-state index contributed by atoms with van der Waals surface area (Å²) in [5.41, 5.74) is 5.82. The van der Waals surface area contributed by atoms with E-state index in [1.807, 2.05) is 6.20 Å². The van der Waals surface area contributed by atoms with Gasteiger partial charge in [0.2, 0.25) is 0 Å². The van der Waals surface area contributed by atoms with E-state index in [0.29, 0.717) is 11.8 Å². The van der Waals surface area contributed by atoms with Gasteiger partial charge in [-0.15, -0.1) is 0 Å². The first-order valence-corrected chi connectivity index (χ1v) is 8.20. The number of nitrogens with zero attached hydrogens (tertiary/aromatic N) is 2. The van der Waals surface area contributed by atoms with Crippen LogP contribution in [0.25, 0.3) is 0 Å². The highest BCUT2D eigenvalue weighted by atomic mass is 15.3. The molecule has 1 aromatic heterocycles. The minimum atomic E-state index is 0.665. The first-order chi connectivity index (χ1) is 10.1. The second kappa shape index (κ2) is 4.72. The first-order valence-electron chi connectivity index (χ1n) is 8.20. The highest BCUT2D eigenvalue weighted by Crippen LogP contribution is 2.60. The van der Waals surface area contributed by atoms with Gasteiger partial charge in [-0.1, -0.05) is 18.2 Å². The second-order valence-electron chi connectivity index (χ2n) is 7.11. The molecule has 2 aliphatic carbocycles. The monoisotopic (exact) mass is 280 g/mol. The molecule has 1 aromatic carbocycles. The maximum Gasteiger partial charge on any atom is 0.0492 e. The van der Waals surface area contributed by atoms with Crippen molar-refractivity contribution in [2.24, 2.45) is 18.9 Å². The molecule has 0 aliphatic heterocycles. The summed E-state index contributed by atoms with van der Waals surface area (Å²) < 4.78 is 2.10. The van der Waals surface area contributed by atoms with Gasteiger partial charge in [0.25, 0.3) is 0 Å². The molecule has 2 aliphatic rings. The van der Waals surface area contributed by atoms with Gasteiger partial charge >= 0.3 is 0 Å². The highest BCUT2D eigenvalue weighted by molar-refractivity contribution is 5.36. The van der Waals surface area contributed by atoms with E-state index in [2.05, 4.69) is 54.9 Å². The third-order valence-electron chi connectivity index (χ3n) is 6.03. The number of aryl methyl sites for hydroxylation is 3. The Labute approximate surface area is 127 Å². The summed E-state index contributed by atoms with van der Waals surface area (Å²) >= 11 is 0. The van der Waals surface area contributed by atoms with Crippen LogP contribution in [-0.4, -0.2) is 9.78 Å². The average Bonchev–Trinajstić information content (AvgIpc) is 3.16. The van der Waals surface area contributed by atoms with Crippen molar-refractivity contribution in [1.29, 1.82) is 0 Å². The van der Waals surface area contributed by atoms with Crippen LogP contribution in [0.3, 0.4) is 0 Å². The fourth-order valence-electron chi connectivity index (χ4n) is 4.88. The summed E-state index contributed by atoms with van der Waals surface area (Å²) in [5.74, 6) is 3.09. The van der Waals surface area contributed by atoms with Crippen molar-refractivity contribution in [2.75, 3.05) is 0 Å². The maximum atomic E-state index is 4.42. The molecular weight excluding hydrogens is 256 g/mol. The standard InChI is InChI=1S/C19H24N2/c1-12-4-5-14(10-13(12)2)18-15-6-7-16(11-15)19(18)17-8-9-20-21(17)3/h4-5,8-10,15-16,18-19H,6-7,11H2,1-3H3. The van der Waals surface area contributed by atoms with Crippen molar-refractivity contribution in [3.63, 3.8) is 0 Å². The molecule has 2 nitrogen and oxygen atoms in total. The molecule has 0 spiro atoms. The molecule has 2 heteroatoms. The number of rotatable bonds is 2. The molecule has 4 atom stereocenters. The molecule has 1 heterocycles. The lowest BCUT2D eigenvalue weighted by Gasteiger charge is -2.32. The normalized spacial score (nSPS) is 31.0. The van der Waals surface area contributed by atoms with E-state index in [4.69, 9.17) is 0 Å². The Bertz CT molecular complexity index is 670. The molecule has 2 saturated carbocycles. The van der Waals surface area contributed by atoms with Crippen LogP contribution in [0, 0.1) is 25.7 Å². The minimum absolute atomic E-state index is 0.665. The lowest BCUT2D eigenvalue weighted by atomic mass is 9.73. The quantitative estimate of drug-likeness (QED) is 0.800. The van der Waals surface area contributed by atoms with Crippen LogP contribution in [0.15, 0.2) is 30.5 Å². The van der Waals surface area contributed by atoms with E-state index in [9.17, 15) is 0 Å². The predicted octanol–water partition coefficient (Wildman–Crippen LogP) is 4.33. The molecule has 0 amide bonds. The van der Waals surface area contributed by atoms with Crippen molar-refractivity contribution >= 4 is 0 Å². The van der Waals surface area contributed by atoms with Crippen LogP contribution in [0.2, 0.25) is 0 Å². The van der Waals surface area contributed by atoms with E-state index in [-0.39, 0.29) is 0 Å². The Hall–Kier alpha value is -1.57. The molecule has 21 heavy (non-hydrogen) atoms. The lowest BCUT2D eigenvalue weighted by Crippen LogP contribution is -2.21. The Kier molecular flexibility index (Phi) is 2.95. The van der Waals surface area contributed by atoms with Gasteiger partial charge in [0, 0.05) is 24.9 Å². The van der Waals surface area contributed by atoms with Crippen LogP contribution in [-0.2, 0) is 7.05 Å². The molecule has 2 aromatic rings. The van der Waals surface area contributed by atoms with Crippen LogP contribution < -0.4 is 0 Å². The molecule has 2 fully saturated rings. The molecule has 0 N–H and O–H groups in total. The van der Waals surface area contributed by atoms with Crippen molar-refractivity contribution in [2.45, 2.75) is 44.9 Å². The number of aromatic nitrogens is 2. The van der Waals surface area contributed by atoms with Crippen LogP contribution in [0.5, 0.6) is 0 Å². The third kappa shape index (κ3) is 1.96. The summed E-state index contributed by atoms with van der Waals surface area (Å²) in [4.78, 5) is 0. The SMILES string of the molecule is Cc1ccc(C2C3CCC(C3)C2c2ccnn2C)cc1C. The van der Waals surface area contributed by atoms with Crippen molar-refractivity contribution in [3.8, 4) is 0 Å². The Morgan fingerprint density at radius 3 is 2.43 bits per heavy atom. The van der Waals surface area contributed by atoms with E-state index < -0.39 is 0 Å². The van der Waals surface area contributed by atoms with Crippen molar-refractivity contribution in [1.82, 2.24) is 9.78 Å². The zero-order valence-electron chi connectivity index (χ0n) is 13.2. The van der Waals surface area contributed by atoms with Gasteiger partial charge in [-0.05, 0) is 73.6 Å².